The number of hydrogen-bond donors (Lipinski definition) is 1. The maximum absolute atomic E-state index is 12.9. The largest absolute Gasteiger partial charge is 0.383 e. The van der Waals surface area contributed by atoms with Crippen molar-refractivity contribution in [3.63, 3.8) is 0 Å². The minimum absolute atomic E-state index is 0.0870. The summed E-state index contributed by atoms with van der Waals surface area (Å²) in [6, 6.07) is 11.7. The van der Waals surface area contributed by atoms with Crippen LogP contribution in [0, 0.1) is 0 Å². The van der Waals surface area contributed by atoms with Crippen molar-refractivity contribution in [2.75, 3.05) is 13.7 Å². The summed E-state index contributed by atoms with van der Waals surface area (Å²) >= 11 is 0. The van der Waals surface area contributed by atoms with Crippen molar-refractivity contribution in [3.8, 4) is 11.3 Å². The van der Waals surface area contributed by atoms with E-state index in [2.05, 4.69) is 10.4 Å². The Kier molecular flexibility index (Phi) is 5.32. The molecule has 6 nitrogen and oxygen atoms in total. The smallest absolute Gasteiger partial charge is 0.252 e. The maximum Gasteiger partial charge on any atom is 0.252 e. The molecular weight excluding hydrogens is 328 g/mol. The van der Waals surface area contributed by atoms with Crippen molar-refractivity contribution in [1.82, 2.24) is 20.1 Å². The fourth-order valence-corrected chi connectivity index (χ4v) is 2.93. The topological polar surface area (TPSA) is 69.0 Å². The molecule has 0 aliphatic carbocycles. The lowest BCUT2D eigenvalue weighted by molar-refractivity contribution is 0.0907. The summed E-state index contributed by atoms with van der Waals surface area (Å²) in [6.07, 6.45) is 1.72. The first-order chi connectivity index (χ1) is 12.5. The van der Waals surface area contributed by atoms with Crippen LogP contribution in [0.5, 0.6) is 0 Å². The third-order valence-electron chi connectivity index (χ3n) is 4.16. The van der Waals surface area contributed by atoms with Crippen molar-refractivity contribution in [3.05, 3.63) is 48.2 Å². The molecule has 1 N–H and O–H groups in total. The van der Waals surface area contributed by atoms with Crippen LogP contribution < -0.4 is 5.32 Å². The molecule has 0 aliphatic rings. The molecule has 1 aromatic carbocycles. The summed E-state index contributed by atoms with van der Waals surface area (Å²) in [7, 11) is 1.62. The quantitative estimate of drug-likeness (QED) is 0.738. The van der Waals surface area contributed by atoms with E-state index in [1.807, 2.05) is 61.9 Å². The van der Waals surface area contributed by atoms with Crippen molar-refractivity contribution < 1.29 is 9.53 Å². The first-order valence-corrected chi connectivity index (χ1v) is 8.74. The standard InChI is InChI=1S/C20H24N4O2/c1-13(2)24-19-17(11-21-24)16(20(25)22-14(3)12-26-4)10-18(23-19)15-8-6-5-7-9-15/h5-11,13-14H,12H2,1-4H3,(H,22,25). The van der Waals surface area contributed by atoms with Gasteiger partial charge in [-0.25, -0.2) is 9.67 Å². The number of benzene rings is 1. The molecule has 3 aromatic rings. The van der Waals surface area contributed by atoms with E-state index in [1.165, 1.54) is 0 Å². The molecule has 26 heavy (non-hydrogen) atoms. The van der Waals surface area contributed by atoms with E-state index in [0.717, 1.165) is 16.6 Å². The van der Waals surface area contributed by atoms with Gasteiger partial charge in [-0.1, -0.05) is 30.3 Å². The molecule has 136 valence electrons. The molecule has 0 bridgehead atoms. The summed E-state index contributed by atoms with van der Waals surface area (Å²) in [5.74, 6) is -0.151. The number of carbonyl (C=O) groups is 1. The number of pyridine rings is 1. The SMILES string of the molecule is COCC(C)NC(=O)c1cc(-c2ccccc2)nc2c1cnn2C(C)C. The molecule has 0 saturated heterocycles. The lowest BCUT2D eigenvalue weighted by atomic mass is 10.1. The van der Waals surface area contributed by atoms with Crippen LogP contribution in [0.15, 0.2) is 42.6 Å². The zero-order valence-corrected chi connectivity index (χ0v) is 15.6. The Morgan fingerprint density at radius 3 is 2.62 bits per heavy atom. The fourth-order valence-electron chi connectivity index (χ4n) is 2.93. The Balaban J connectivity index is 2.13. The lowest BCUT2D eigenvalue weighted by Crippen LogP contribution is -2.35. The van der Waals surface area contributed by atoms with E-state index in [1.54, 1.807) is 13.3 Å². The van der Waals surface area contributed by atoms with Gasteiger partial charge in [0.2, 0.25) is 0 Å². The van der Waals surface area contributed by atoms with Gasteiger partial charge >= 0.3 is 0 Å². The molecule has 3 rings (SSSR count). The zero-order valence-electron chi connectivity index (χ0n) is 15.6. The minimum Gasteiger partial charge on any atom is -0.383 e. The number of nitrogens with zero attached hydrogens (tertiary/aromatic N) is 3. The number of aromatic nitrogens is 3. The van der Waals surface area contributed by atoms with E-state index in [9.17, 15) is 4.79 Å². The molecule has 1 unspecified atom stereocenters. The number of methoxy groups -OCH3 is 1. The second-order valence-corrected chi connectivity index (χ2v) is 6.67. The molecule has 0 radical (unpaired) electrons. The molecule has 0 aliphatic heterocycles. The maximum atomic E-state index is 12.9. The molecule has 0 spiro atoms. The monoisotopic (exact) mass is 352 g/mol. The Morgan fingerprint density at radius 2 is 1.96 bits per heavy atom. The summed E-state index contributed by atoms with van der Waals surface area (Å²) in [5, 5.41) is 8.17. The number of fused-ring (bicyclic) bond motifs is 1. The van der Waals surface area contributed by atoms with Gasteiger partial charge in [0.1, 0.15) is 0 Å². The fraction of sp³-hybridized carbons (Fsp3) is 0.350. The van der Waals surface area contributed by atoms with Gasteiger partial charge < -0.3 is 10.1 Å². The Hall–Kier alpha value is -2.73. The highest BCUT2D eigenvalue weighted by Gasteiger charge is 2.19. The average Bonchev–Trinajstić information content (AvgIpc) is 3.06. The van der Waals surface area contributed by atoms with Gasteiger partial charge in [-0.2, -0.15) is 5.10 Å². The lowest BCUT2D eigenvalue weighted by Gasteiger charge is -2.14. The van der Waals surface area contributed by atoms with E-state index in [4.69, 9.17) is 9.72 Å². The predicted molar refractivity (Wildman–Crippen MR) is 102 cm³/mol. The molecule has 0 fully saturated rings. The number of ether oxygens (including phenoxy) is 1. The van der Waals surface area contributed by atoms with Crippen LogP contribution in [-0.2, 0) is 4.74 Å². The summed E-state index contributed by atoms with van der Waals surface area (Å²) in [6.45, 7) is 6.46. The Bertz CT molecular complexity index is 903. The Morgan fingerprint density at radius 1 is 1.23 bits per heavy atom. The molecule has 6 heteroatoms. The molecule has 2 aromatic heterocycles. The van der Waals surface area contributed by atoms with Gasteiger partial charge in [0.15, 0.2) is 5.65 Å². The van der Waals surface area contributed by atoms with Gasteiger partial charge in [0.05, 0.1) is 29.4 Å². The van der Waals surface area contributed by atoms with Crippen molar-refractivity contribution in [1.29, 1.82) is 0 Å². The number of rotatable bonds is 6. The summed E-state index contributed by atoms with van der Waals surface area (Å²) < 4.78 is 6.96. The molecule has 1 atom stereocenters. The van der Waals surface area contributed by atoms with E-state index in [0.29, 0.717) is 17.8 Å². The van der Waals surface area contributed by atoms with Gasteiger partial charge in [0.25, 0.3) is 5.91 Å². The van der Waals surface area contributed by atoms with Crippen molar-refractivity contribution in [2.45, 2.75) is 32.9 Å². The van der Waals surface area contributed by atoms with Gasteiger partial charge in [-0.05, 0) is 26.8 Å². The number of hydrogen-bond acceptors (Lipinski definition) is 4. The van der Waals surface area contributed by atoms with Crippen LogP contribution in [0.3, 0.4) is 0 Å². The highest BCUT2D eigenvalue weighted by atomic mass is 16.5. The first-order valence-electron chi connectivity index (χ1n) is 8.74. The van der Waals surface area contributed by atoms with Gasteiger partial charge in [0, 0.05) is 24.8 Å². The second kappa shape index (κ2) is 7.66. The van der Waals surface area contributed by atoms with Crippen molar-refractivity contribution >= 4 is 16.9 Å². The first kappa shape index (κ1) is 18.1. The van der Waals surface area contributed by atoms with Crippen LogP contribution in [0.25, 0.3) is 22.3 Å². The summed E-state index contributed by atoms with van der Waals surface area (Å²) in [4.78, 5) is 17.7. The Labute approximate surface area is 153 Å². The predicted octanol–water partition coefficient (Wildman–Crippen LogP) is 3.44. The molecule has 2 heterocycles. The summed E-state index contributed by atoms with van der Waals surface area (Å²) in [5.41, 5.74) is 3.00. The van der Waals surface area contributed by atoms with Crippen molar-refractivity contribution in [2.24, 2.45) is 0 Å². The number of carbonyl (C=O) groups excluding carboxylic acids is 1. The number of amides is 1. The average molecular weight is 352 g/mol. The number of nitrogens with one attached hydrogen (secondary N) is 1. The minimum atomic E-state index is -0.151. The van der Waals surface area contributed by atoms with Crippen LogP contribution >= 0.6 is 0 Å². The third-order valence-corrected chi connectivity index (χ3v) is 4.16. The third kappa shape index (κ3) is 3.60. The molecule has 0 saturated carbocycles. The van der Waals surface area contributed by atoms with E-state index < -0.39 is 0 Å². The van der Waals surface area contributed by atoms with Gasteiger partial charge in [-0.15, -0.1) is 0 Å². The second-order valence-electron chi connectivity index (χ2n) is 6.67. The van der Waals surface area contributed by atoms with Crippen LogP contribution in [-0.4, -0.2) is 40.4 Å². The molecule has 1 amide bonds. The van der Waals surface area contributed by atoms with E-state index >= 15 is 0 Å². The normalized spacial score (nSPS) is 12.5. The van der Waals surface area contributed by atoms with Crippen LogP contribution in [0.4, 0.5) is 0 Å². The van der Waals surface area contributed by atoms with Gasteiger partial charge in [-0.3, -0.25) is 4.79 Å². The van der Waals surface area contributed by atoms with Crippen LogP contribution in [0.1, 0.15) is 37.2 Å². The molecular formula is C20H24N4O2. The van der Waals surface area contributed by atoms with Crippen LogP contribution in [0.2, 0.25) is 0 Å². The zero-order chi connectivity index (χ0) is 18.7. The van der Waals surface area contributed by atoms with E-state index in [-0.39, 0.29) is 18.0 Å². The highest BCUT2D eigenvalue weighted by Crippen LogP contribution is 2.26. The highest BCUT2D eigenvalue weighted by molar-refractivity contribution is 6.06.